The van der Waals surface area contributed by atoms with Gasteiger partial charge in [0, 0.05) is 18.0 Å². The van der Waals surface area contributed by atoms with Gasteiger partial charge in [0.1, 0.15) is 21.7 Å². The van der Waals surface area contributed by atoms with Crippen LogP contribution in [0.2, 0.25) is 10.0 Å². The fourth-order valence-electron chi connectivity index (χ4n) is 4.50. The van der Waals surface area contributed by atoms with Crippen molar-refractivity contribution in [3.8, 4) is 0 Å². The molecular weight excluding hydrogens is 625 g/mol. The summed E-state index contributed by atoms with van der Waals surface area (Å²) in [5.74, 6) is -6.13. The molecule has 0 aromatic heterocycles. The first-order valence-corrected chi connectivity index (χ1v) is 13.9. The lowest BCUT2D eigenvalue weighted by atomic mass is 10.1. The number of alkyl halides is 2. The van der Waals surface area contributed by atoms with E-state index in [-0.39, 0.29) is 33.6 Å². The molecule has 41 heavy (non-hydrogen) atoms. The standard InChI is InChI=1S/C28H20Cl4F3N3O3/c29-16-5-4-14(36-27(41)23-22(28(23,31)32)13-3-6-18(33)17(30)10-13)11-15(16)26(40)37-20-8-7-19(34)25(24(20)35)38-21(39)9-12-1-2-12/h3-8,10-12,22-23H,1-2,9H2,(H,36,41)(H,37,40)(H,38,39)/t22-,23+/m0/s1. The Morgan fingerprint density at radius 3 is 2.24 bits per heavy atom. The average Bonchev–Trinajstić information content (AvgIpc) is 3.82. The maximum atomic E-state index is 15.1. The van der Waals surface area contributed by atoms with Crippen molar-refractivity contribution >= 4 is 81.2 Å². The van der Waals surface area contributed by atoms with Crippen LogP contribution in [0.3, 0.4) is 0 Å². The SMILES string of the molecule is O=C(CC1CC1)Nc1c(F)ccc(NC(=O)c2cc(NC(=O)[C@H]3[C@H](c4ccc(F)c(Cl)c4)C3(Cl)Cl)ccc2Cl)c1F. The topological polar surface area (TPSA) is 87.3 Å². The van der Waals surface area contributed by atoms with Crippen LogP contribution in [0.4, 0.5) is 30.2 Å². The Morgan fingerprint density at radius 1 is 0.854 bits per heavy atom. The van der Waals surface area contributed by atoms with Crippen LogP contribution in [0, 0.1) is 29.3 Å². The summed E-state index contributed by atoms with van der Waals surface area (Å²) in [4.78, 5) is 38.1. The molecule has 2 saturated carbocycles. The monoisotopic (exact) mass is 643 g/mol. The molecule has 3 aromatic carbocycles. The predicted octanol–water partition coefficient (Wildman–Crippen LogP) is 7.93. The van der Waals surface area contributed by atoms with Crippen molar-refractivity contribution in [2.24, 2.45) is 11.8 Å². The van der Waals surface area contributed by atoms with Gasteiger partial charge in [-0.3, -0.25) is 14.4 Å². The van der Waals surface area contributed by atoms with Crippen molar-refractivity contribution in [2.45, 2.75) is 29.5 Å². The number of hydrogen-bond acceptors (Lipinski definition) is 3. The molecule has 0 heterocycles. The first-order chi connectivity index (χ1) is 19.4. The van der Waals surface area contributed by atoms with Crippen molar-refractivity contribution in [2.75, 3.05) is 16.0 Å². The lowest BCUT2D eigenvalue weighted by molar-refractivity contribution is -0.117. The Labute approximate surface area is 252 Å². The van der Waals surface area contributed by atoms with E-state index in [1.165, 1.54) is 30.3 Å². The zero-order chi connectivity index (χ0) is 29.6. The molecule has 3 N–H and O–H groups in total. The van der Waals surface area contributed by atoms with Gasteiger partial charge in [-0.2, -0.15) is 0 Å². The lowest BCUT2D eigenvalue weighted by Crippen LogP contribution is -2.19. The molecule has 2 atom stereocenters. The zero-order valence-corrected chi connectivity index (χ0v) is 23.9. The number of rotatable bonds is 8. The van der Waals surface area contributed by atoms with Crippen LogP contribution >= 0.6 is 46.4 Å². The van der Waals surface area contributed by atoms with E-state index < -0.39 is 62.7 Å². The molecule has 3 amide bonds. The molecule has 0 radical (unpaired) electrons. The number of halogens is 7. The predicted molar refractivity (Wildman–Crippen MR) is 152 cm³/mol. The third-order valence-corrected chi connectivity index (χ3v) is 8.45. The maximum Gasteiger partial charge on any atom is 0.257 e. The summed E-state index contributed by atoms with van der Waals surface area (Å²) >= 11 is 24.7. The molecule has 0 unspecified atom stereocenters. The minimum Gasteiger partial charge on any atom is -0.326 e. The fourth-order valence-corrected chi connectivity index (χ4v) is 5.72. The fraction of sp³-hybridized carbons (Fsp3) is 0.250. The molecule has 5 rings (SSSR count). The molecule has 0 aliphatic heterocycles. The summed E-state index contributed by atoms with van der Waals surface area (Å²) in [6.45, 7) is 0. The smallest absolute Gasteiger partial charge is 0.257 e. The molecular formula is C28H20Cl4F3N3O3. The number of nitrogens with one attached hydrogen (secondary N) is 3. The van der Waals surface area contributed by atoms with Gasteiger partial charge in [0.2, 0.25) is 11.8 Å². The summed E-state index contributed by atoms with van der Waals surface area (Å²) in [6, 6.07) is 9.87. The van der Waals surface area contributed by atoms with Gasteiger partial charge in [0.05, 0.1) is 27.2 Å². The van der Waals surface area contributed by atoms with E-state index >= 15 is 4.39 Å². The van der Waals surface area contributed by atoms with Gasteiger partial charge in [-0.1, -0.05) is 29.3 Å². The second-order valence-electron chi connectivity index (χ2n) is 9.92. The minimum atomic E-state index is -1.48. The van der Waals surface area contributed by atoms with Gasteiger partial charge >= 0.3 is 0 Å². The number of anilines is 3. The van der Waals surface area contributed by atoms with Crippen molar-refractivity contribution < 1.29 is 27.6 Å². The molecule has 2 aliphatic carbocycles. The largest absolute Gasteiger partial charge is 0.326 e. The van der Waals surface area contributed by atoms with Gasteiger partial charge in [-0.05, 0) is 66.8 Å². The van der Waals surface area contributed by atoms with Gasteiger partial charge in [-0.15, -0.1) is 23.2 Å². The number of carbonyl (C=O) groups is 3. The highest BCUT2D eigenvalue weighted by Crippen LogP contribution is 2.65. The highest BCUT2D eigenvalue weighted by molar-refractivity contribution is 6.53. The zero-order valence-electron chi connectivity index (χ0n) is 20.8. The first-order valence-electron chi connectivity index (χ1n) is 12.4. The van der Waals surface area contributed by atoms with Crippen LogP contribution in [0.5, 0.6) is 0 Å². The Balaban J connectivity index is 1.30. The highest BCUT2D eigenvalue weighted by atomic mass is 35.5. The van der Waals surface area contributed by atoms with Crippen LogP contribution in [0.25, 0.3) is 0 Å². The average molecular weight is 645 g/mol. The van der Waals surface area contributed by atoms with Gasteiger partial charge in [0.15, 0.2) is 5.82 Å². The lowest BCUT2D eigenvalue weighted by Gasteiger charge is -2.13. The van der Waals surface area contributed by atoms with E-state index in [0.717, 1.165) is 31.0 Å². The summed E-state index contributed by atoms with van der Waals surface area (Å²) in [5, 5.41) is 7.00. The molecule has 214 valence electrons. The van der Waals surface area contributed by atoms with E-state index in [2.05, 4.69) is 16.0 Å². The van der Waals surface area contributed by atoms with E-state index in [0.29, 0.717) is 5.56 Å². The molecule has 2 fully saturated rings. The Morgan fingerprint density at radius 2 is 1.56 bits per heavy atom. The summed E-state index contributed by atoms with van der Waals surface area (Å²) < 4.78 is 41.4. The molecule has 3 aromatic rings. The quantitative estimate of drug-likeness (QED) is 0.218. The third kappa shape index (κ3) is 6.28. The van der Waals surface area contributed by atoms with E-state index in [4.69, 9.17) is 46.4 Å². The van der Waals surface area contributed by atoms with Crippen LogP contribution in [-0.4, -0.2) is 22.1 Å². The van der Waals surface area contributed by atoms with Crippen LogP contribution in [-0.2, 0) is 9.59 Å². The normalized spacial score (nSPS) is 18.9. The summed E-state index contributed by atoms with van der Waals surface area (Å²) in [6.07, 6.45) is 1.92. The van der Waals surface area contributed by atoms with E-state index in [1.807, 2.05) is 0 Å². The van der Waals surface area contributed by atoms with Crippen molar-refractivity contribution in [1.82, 2.24) is 0 Å². The van der Waals surface area contributed by atoms with E-state index in [9.17, 15) is 23.2 Å². The van der Waals surface area contributed by atoms with Crippen molar-refractivity contribution in [3.05, 3.63) is 87.2 Å². The van der Waals surface area contributed by atoms with Crippen molar-refractivity contribution in [1.29, 1.82) is 0 Å². The number of hydrogen-bond donors (Lipinski definition) is 3. The van der Waals surface area contributed by atoms with Crippen LogP contribution < -0.4 is 16.0 Å². The van der Waals surface area contributed by atoms with Gasteiger partial charge in [-0.25, -0.2) is 13.2 Å². The maximum absolute atomic E-state index is 15.1. The molecule has 0 saturated heterocycles. The Bertz CT molecular complexity index is 1580. The number of amides is 3. The number of benzene rings is 3. The minimum absolute atomic E-state index is 0.0183. The molecule has 13 heteroatoms. The molecule has 6 nitrogen and oxygen atoms in total. The van der Waals surface area contributed by atoms with Crippen LogP contribution in [0.15, 0.2) is 48.5 Å². The molecule has 2 aliphatic rings. The first kappa shape index (κ1) is 29.5. The van der Waals surface area contributed by atoms with E-state index in [1.54, 1.807) is 0 Å². The molecule has 0 spiro atoms. The summed E-state index contributed by atoms with van der Waals surface area (Å²) in [5.41, 5.74) is -0.566. The Kier molecular flexibility index (Phi) is 8.18. The highest BCUT2D eigenvalue weighted by Gasteiger charge is 2.67. The Hall–Kier alpha value is -2.98. The van der Waals surface area contributed by atoms with Crippen LogP contribution in [0.1, 0.15) is 41.1 Å². The summed E-state index contributed by atoms with van der Waals surface area (Å²) in [7, 11) is 0. The van der Waals surface area contributed by atoms with Crippen molar-refractivity contribution in [3.63, 3.8) is 0 Å². The second-order valence-corrected chi connectivity index (χ2v) is 12.2. The number of carbonyl (C=O) groups excluding carboxylic acids is 3. The van der Waals surface area contributed by atoms with Gasteiger partial charge in [0.25, 0.3) is 5.91 Å². The molecule has 0 bridgehead atoms. The second kappa shape index (κ2) is 11.4. The third-order valence-electron chi connectivity index (χ3n) is 6.89. The van der Waals surface area contributed by atoms with Gasteiger partial charge < -0.3 is 16.0 Å².